The molecule has 0 spiro atoms. The number of anilines is 2. The third-order valence-electron chi connectivity index (χ3n) is 6.23. The Morgan fingerprint density at radius 3 is 2.56 bits per heavy atom. The minimum Gasteiger partial charge on any atom is -0.495 e. The number of nitrogens with zero attached hydrogens (tertiary/aromatic N) is 3. The molecule has 1 aliphatic rings. The number of benzene rings is 1. The lowest BCUT2D eigenvalue weighted by Crippen LogP contribution is -2.29. The van der Waals surface area contributed by atoms with Crippen LogP contribution in [0.15, 0.2) is 48.7 Å². The highest BCUT2D eigenvalue weighted by molar-refractivity contribution is 7.80. The number of ether oxygens (including phenoxy) is 1. The summed E-state index contributed by atoms with van der Waals surface area (Å²) in [5.74, 6) is 0.425. The fourth-order valence-electron chi connectivity index (χ4n) is 4.98. The van der Waals surface area contributed by atoms with Crippen LogP contribution in [0.2, 0.25) is 0 Å². The SMILES string of the molecule is COc1ccc(N2C(=S)N[C@H](c3ccccn3)[C@H]2c2cc(C)n(C(C)C)c2C)cc1NC(C)=O. The van der Waals surface area contributed by atoms with E-state index in [0.717, 1.165) is 11.4 Å². The van der Waals surface area contributed by atoms with E-state index in [1.807, 2.05) is 36.4 Å². The van der Waals surface area contributed by atoms with Crippen molar-refractivity contribution in [1.29, 1.82) is 0 Å². The highest BCUT2D eigenvalue weighted by Gasteiger charge is 2.42. The van der Waals surface area contributed by atoms with E-state index in [9.17, 15) is 4.79 Å². The van der Waals surface area contributed by atoms with Crippen LogP contribution >= 0.6 is 12.2 Å². The van der Waals surface area contributed by atoms with Crippen LogP contribution in [0.5, 0.6) is 5.75 Å². The Morgan fingerprint density at radius 2 is 1.97 bits per heavy atom. The lowest BCUT2D eigenvalue weighted by molar-refractivity contribution is -0.114. The first-order chi connectivity index (χ1) is 16.2. The van der Waals surface area contributed by atoms with Crippen LogP contribution in [0.3, 0.4) is 0 Å². The second kappa shape index (κ2) is 9.46. The van der Waals surface area contributed by atoms with E-state index in [1.165, 1.54) is 23.9 Å². The molecule has 0 radical (unpaired) electrons. The molecule has 1 amide bonds. The maximum atomic E-state index is 11.8. The van der Waals surface area contributed by atoms with Crippen LogP contribution in [0, 0.1) is 13.8 Å². The number of aryl methyl sites for hydroxylation is 1. The van der Waals surface area contributed by atoms with Gasteiger partial charge in [-0.15, -0.1) is 0 Å². The van der Waals surface area contributed by atoms with Crippen LogP contribution in [0.4, 0.5) is 11.4 Å². The zero-order valence-corrected chi connectivity index (χ0v) is 21.2. The summed E-state index contributed by atoms with van der Waals surface area (Å²) in [7, 11) is 1.59. The average Bonchev–Trinajstić information content (AvgIpc) is 3.29. The summed E-state index contributed by atoms with van der Waals surface area (Å²) in [6.07, 6.45) is 1.81. The van der Waals surface area contributed by atoms with Crippen molar-refractivity contribution in [2.75, 3.05) is 17.3 Å². The molecule has 0 unspecified atom stereocenters. The summed E-state index contributed by atoms with van der Waals surface area (Å²) in [6, 6.07) is 14.0. The molecule has 2 N–H and O–H groups in total. The zero-order chi connectivity index (χ0) is 24.6. The molecule has 1 fully saturated rings. The van der Waals surface area contributed by atoms with Gasteiger partial charge in [-0.05, 0) is 81.9 Å². The van der Waals surface area contributed by atoms with Crippen molar-refractivity contribution < 1.29 is 9.53 Å². The van der Waals surface area contributed by atoms with E-state index in [4.69, 9.17) is 17.0 Å². The molecule has 0 bridgehead atoms. The van der Waals surface area contributed by atoms with Crippen molar-refractivity contribution in [3.05, 3.63) is 71.3 Å². The fourth-order valence-corrected chi connectivity index (χ4v) is 5.32. The highest BCUT2D eigenvalue weighted by Crippen LogP contribution is 2.45. The number of methoxy groups -OCH3 is 1. The summed E-state index contributed by atoms with van der Waals surface area (Å²) in [5, 5.41) is 6.98. The van der Waals surface area contributed by atoms with Crippen molar-refractivity contribution in [3.63, 3.8) is 0 Å². The molecular formula is C26H31N5O2S. The van der Waals surface area contributed by atoms with Gasteiger partial charge in [-0.25, -0.2) is 0 Å². The summed E-state index contributed by atoms with van der Waals surface area (Å²) in [4.78, 5) is 18.6. The molecule has 3 aromatic rings. The molecule has 4 rings (SSSR count). The molecule has 2 atom stereocenters. The van der Waals surface area contributed by atoms with Gasteiger partial charge in [-0.2, -0.15) is 0 Å². The van der Waals surface area contributed by atoms with Crippen molar-refractivity contribution >= 4 is 34.6 Å². The number of carbonyl (C=O) groups is 1. The molecule has 1 saturated heterocycles. The van der Waals surface area contributed by atoms with Crippen molar-refractivity contribution in [1.82, 2.24) is 14.9 Å². The summed E-state index contributed by atoms with van der Waals surface area (Å²) >= 11 is 5.87. The van der Waals surface area contributed by atoms with E-state index in [0.29, 0.717) is 22.6 Å². The van der Waals surface area contributed by atoms with E-state index >= 15 is 0 Å². The number of carbonyl (C=O) groups excluding carboxylic acids is 1. The Morgan fingerprint density at radius 1 is 1.21 bits per heavy atom. The van der Waals surface area contributed by atoms with Crippen LogP contribution in [0.25, 0.3) is 0 Å². The number of pyridine rings is 1. The lowest BCUT2D eigenvalue weighted by atomic mass is 9.96. The van der Waals surface area contributed by atoms with E-state index in [-0.39, 0.29) is 18.0 Å². The van der Waals surface area contributed by atoms with Gasteiger partial charge in [0.15, 0.2) is 5.11 Å². The van der Waals surface area contributed by atoms with Gasteiger partial charge in [-0.1, -0.05) is 6.07 Å². The predicted molar refractivity (Wildman–Crippen MR) is 140 cm³/mol. The van der Waals surface area contributed by atoms with E-state index in [1.54, 1.807) is 13.3 Å². The monoisotopic (exact) mass is 477 g/mol. The number of hydrogen-bond acceptors (Lipinski definition) is 4. The number of amides is 1. The predicted octanol–water partition coefficient (Wildman–Crippen LogP) is 5.22. The standard InChI is InChI=1S/C26H31N5O2S/c1-15(2)30-16(3)13-20(17(30)4)25-24(21-9-7-8-12-27-21)29-26(34)31(25)19-10-11-23(33-6)22(14-19)28-18(5)32/h7-15,24-25H,1-6H3,(H,28,32)(H,29,34)/t24-,25-/m1/s1. The Labute approximate surface area is 206 Å². The Balaban J connectivity index is 1.89. The summed E-state index contributed by atoms with van der Waals surface area (Å²) in [5.41, 5.74) is 5.97. The van der Waals surface area contributed by atoms with Gasteiger partial charge in [0.25, 0.3) is 0 Å². The largest absolute Gasteiger partial charge is 0.495 e. The van der Waals surface area contributed by atoms with Gasteiger partial charge in [0.1, 0.15) is 5.75 Å². The highest BCUT2D eigenvalue weighted by atomic mass is 32.1. The molecule has 178 valence electrons. The molecule has 2 aromatic heterocycles. The normalized spacial score (nSPS) is 17.7. The molecule has 1 aromatic carbocycles. The first-order valence-electron chi connectivity index (χ1n) is 11.4. The maximum Gasteiger partial charge on any atom is 0.221 e. The van der Waals surface area contributed by atoms with Crippen LogP contribution in [-0.2, 0) is 4.79 Å². The van der Waals surface area contributed by atoms with Crippen LogP contribution in [0.1, 0.15) is 61.5 Å². The molecule has 7 nitrogen and oxygen atoms in total. The molecule has 34 heavy (non-hydrogen) atoms. The second-order valence-corrected chi connectivity index (χ2v) is 9.24. The van der Waals surface area contributed by atoms with Gasteiger partial charge < -0.3 is 24.8 Å². The molecule has 0 aliphatic carbocycles. The Kier molecular flexibility index (Phi) is 6.61. The number of hydrogen-bond donors (Lipinski definition) is 2. The lowest BCUT2D eigenvalue weighted by Gasteiger charge is -2.29. The maximum absolute atomic E-state index is 11.8. The summed E-state index contributed by atoms with van der Waals surface area (Å²) < 4.78 is 7.81. The van der Waals surface area contributed by atoms with E-state index < -0.39 is 0 Å². The van der Waals surface area contributed by atoms with Gasteiger partial charge in [0, 0.05) is 36.2 Å². The first kappa shape index (κ1) is 23.8. The van der Waals surface area contributed by atoms with Crippen molar-refractivity contribution in [2.24, 2.45) is 0 Å². The quantitative estimate of drug-likeness (QED) is 0.474. The third kappa shape index (κ3) is 4.25. The van der Waals surface area contributed by atoms with Gasteiger partial charge in [0.05, 0.1) is 30.6 Å². The third-order valence-corrected chi connectivity index (χ3v) is 6.54. The minimum atomic E-state index is -0.166. The Bertz CT molecular complexity index is 1220. The molecule has 8 heteroatoms. The number of aromatic nitrogens is 2. The number of nitrogens with one attached hydrogen (secondary N) is 2. The van der Waals surface area contributed by atoms with Gasteiger partial charge in [0.2, 0.25) is 5.91 Å². The fraction of sp³-hybridized carbons (Fsp3) is 0.346. The van der Waals surface area contributed by atoms with Gasteiger partial charge in [-0.3, -0.25) is 9.78 Å². The zero-order valence-electron chi connectivity index (χ0n) is 20.4. The Hall–Kier alpha value is -3.39. The first-order valence-corrected chi connectivity index (χ1v) is 11.8. The van der Waals surface area contributed by atoms with Crippen LogP contribution < -0.4 is 20.3 Å². The number of thiocarbonyl (C=S) groups is 1. The molecule has 3 heterocycles. The minimum absolute atomic E-state index is 0.125. The molecule has 0 saturated carbocycles. The topological polar surface area (TPSA) is 71.4 Å². The smallest absolute Gasteiger partial charge is 0.221 e. The summed E-state index contributed by atoms with van der Waals surface area (Å²) in [6.45, 7) is 10.2. The second-order valence-electron chi connectivity index (χ2n) is 8.85. The van der Waals surface area contributed by atoms with Gasteiger partial charge >= 0.3 is 0 Å². The molecule has 1 aliphatic heterocycles. The van der Waals surface area contributed by atoms with Crippen LogP contribution in [-0.4, -0.2) is 27.7 Å². The number of rotatable bonds is 6. The van der Waals surface area contributed by atoms with E-state index in [2.05, 4.69) is 58.8 Å². The van der Waals surface area contributed by atoms with Crippen molar-refractivity contribution in [2.45, 2.75) is 52.7 Å². The van der Waals surface area contributed by atoms with Crippen molar-refractivity contribution in [3.8, 4) is 5.75 Å². The average molecular weight is 478 g/mol. The molecular weight excluding hydrogens is 446 g/mol.